The van der Waals surface area contributed by atoms with Crippen LogP contribution < -0.4 is 10.6 Å². The number of hydrogen-bond donors (Lipinski definition) is 2. The summed E-state index contributed by atoms with van der Waals surface area (Å²) in [6.45, 7) is 4.12. The third-order valence-corrected chi connectivity index (χ3v) is 2.64. The molecule has 0 saturated heterocycles. The van der Waals surface area contributed by atoms with Crippen LogP contribution in [0.2, 0.25) is 0 Å². The maximum Gasteiger partial charge on any atom is 0.306 e. The van der Waals surface area contributed by atoms with Crippen molar-refractivity contribution in [2.75, 3.05) is 25.5 Å². The van der Waals surface area contributed by atoms with Crippen molar-refractivity contribution < 1.29 is 14.3 Å². The van der Waals surface area contributed by atoms with Crippen molar-refractivity contribution in [2.45, 2.75) is 12.8 Å². The number of carbonyl (C=O) groups is 2. The molecule has 5 nitrogen and oxygen atoms in total. The number of anilines is 1. The third kappa shape index (κ3) is 5.56. The van der Waals surface area contributed by atoms with Crippen molar-refractivity contribution in [3.8, 4) is 0 Å². The molecule has 1 amide bonds. The van der Waals surface area contributed by atoms with E-state index in [4.69, 9.17) is 4.74 Å². The van der Waals surface area contributed by atoms with Crippen LogP contribution in [0.5, 0.6) is 0 Å². The second kappa shape index (κ2) is 8.74. The molecule has 0 bridgehead atoms. The van der Waals surface area contributed by atoms with Crippen molar-refractivity contribution in [1.29, 1.82) is 0 Å². The molecule has 2 N–H and O–H groups in total. The number of amides is 1. The number of benzene rings is 1. The lowest BCUT2D eigenvalue weighted by atomic mass is 10.2. The lowest BCUT2D eigenvalue weighted by Crippen LogP contribution is -2.25. The molecule has 0 radical (unpaired) electrons. The highest BCUT2D eigenvalue weighted by Gasteiger charge is 2.06. The fourth-order valence-corrected chi connectivity index (χ4v) is 1.55. The first-order valence-electron chi connectivity index (χ1n) is 6.50. The Morgan fingerprint density at radius 1 is 1.30 bits per heavy atom. The average molecular weight is 276 g/mol. The lowest BCUT2D eigenvalue weighted by molar-refractivity contribution is -0.142. The summed E-state index contributed by atoms with van der Waals surface area (Å²) in [5.74, 6) is -0.426. The molecule has 1 aromatic rings. The summed E-state index contributed by atoms with van der Waals surface area (Å²) >= 11 is 0. The number of rotatable bonds is 8. The van der Waals surface area contributed by atoms with Gasteiger partial charge < -0.3 is 15.4 Å². The highest BCUT2D eigenvalue weighted by molar-refractivity contribution is 5.94. The van der Waals surface area contributed by atoms with Crippen LogP contribution in [0.3, 0.4) is 0 Å². The van der Waals surface area contributed by atoms with Gasteiger partial charge in [-0.2, -0.15) is 0 Å². The minimum Gasteiger partial charge on any atom is -0.461 e. The van der Waals surface area contributed by atoms with Gasteiger partial charge in [0, 0.05) is 31.3 Å². The third-order valence-electron chi connectivity index (χ3n) is 2.64. The zero-order valence-corrected chi connectivity index (χ0v) is 11.6. The number of nitrogens with one attached hydrogen (secondary N) is 2. The Morgan fingerprint density at radius 3 is 2.60 bits per heavy atom. The van der Waals surface area contributed by atoms with Gasteiger partial charge in [0.2, 0.25) is 0 Å². The van der Waals surface area contributed by atoms with Crippen molar-refractivity contribution >= 4 is 17.6 Å². The molecule has 0 aliphatic rings. The van der Waals surface area contributed by atoms with Gasteiger partial charge in [-0.1, -0.05) is 12.7 Å². The Morgan fingerprint density at radius 2 is 2.00 bits per heavy atom. The molecule has 0 spiro atoms. The number of ether oxygens (including phenoxy) is 1. The zero-order valence-electron chi connectivity index (χ0n) is 11.6. The molecular formula is C15H20N2O3. The second-order valence-electron chi connectivity index (χ2n) is 4.16. The van der Waals surface area contributed by atoms with E-state index in [-0.39, 0.29) is 24.9 Å². The number of carbonyl (C=O) groups excluding carboxylic acids is 2. The lowest BCUT2D eigenvalue weighted by Gasteiger charge is -2.06. The monoisotopic (exact) mass is 276 g/mol. The van der Waals surface area contributed by atoms with E-state index in [1.54, 1.807) is 12.1 Å². The highest BCUT2D eigenvalue weighted by atomic mass is 16.5. The Balaban J connectivity index is 2.25. The van der Waals surface area contributed by atoms with Crippen molar-refractivity contribution in [2.24, 2.45) is 0 Å². The predicted molar refractivity (Wildman–Crippen MR) is 78.7 cm³/mol. The molecule has 5 heteroatoms. The maximum absolute atomic E-state index is 11.8. The van der Waals surface area contributed by atoms with Gasteiger partial charge in [-0.15, -0.1) is 0 Å². The molecule has 0 heterocycles. The van der Waals surface area contributed by atoms with Crippen molar-refractivity contribution in [1.82, 2.24) is 5.32 Å². The van der Waals surface area contributed by atoms with Gasteiger partial charge in [0.1, 0.15) is 6.61 Å². The summed E-state index contributed by atoms with van der Waals surface area (Å²) in [7, 11) is 1.82. The second-order valence-corrected chi connectivity index (χ2v) is 4.16. The van der Waals surface area contributed by atoms with Crippen molar-refractivity contribution in [3.63, 3.8) is 0 Å². The van der Waals surface area contributed by atoms with E-state index >= 15 is 0 Å². The summed E-state index contributed by atoms with van der Waals surface area (Å²) < 4.78 is 4.83. The Hall–Kier alpha value is -2.30. The summed E-state index contributed by atoms with van der Waals surface area (Å²) in [5.41, 5.74) is 1.55. The molecule has 1 aromatic carbocycles. The standard InChI is InChI=1S/C15H20N2O3/c1-3-11-20-14(18)5-4-10-17-15(19)12-6-8-13(16-2)9-7-12/h3,6-9,16H,1,4-5,10-11H2,2H3,(H,17,19). The first-order valence-corrected chi connectivity index (χ1v) is 6.50. The van der Waals surface area contributed by atoms with E-state index in [2.05, 4.69) is 17.2 Å². The molecule has 0 aromatic heterocycles. The van der Waals surface area contributed by atoms with Crippen LogP contribution in [-0.4, -0.2) is 32.1 Å². The van der Waals surface area contributed by atoms with Gasteiger partial charge >= 0.3 is 5.97 Å². The smallest absolute Gasteiger partial charge is 0.306 e. The maximum atomic E-state index is 11.8. The molecule has 0 aliphatic carbocycles. The van der Waals surface area contributed by atoms with Gasteiger partial charge in [-0.05, 0) is 30.7 Å². The van der Waals surface area contributed by atoms with Crippen LogP contribution in [0.4, 0.5) is 5.69 Å². The van der Waals surface area contributed by atoms with E-state index in [9.17, 15) is 9.59 Å². The van der Waals surface area contributed by atoms with Gasteiger partial charge in [0.15, 0.2) is 0 Å². The van der Waals surface area contributed by atoms with E-state index in [1.807, 2.05) is 19.2 Å². The first-order chi connectivity index (χ1) is 9.67. The Bertz CT molecular complexity index is 455. The molecule has 0 unspecified atom stereocenters. The minimum atomic E-state index is -0.280. The van der Waals surface area contributed by atoms with Crippen LogP contribution in [-0.2, 0) is 9.53 Å². The summed E-state index contributed by atoms with van der Waals surface area (Å²) in [6.07, 6.45) is 2.36. The molecule has 20 heavy (non-hydrogen) atoms. The molecule has 0 atom stereocenters. The van der Waals surface area contributed by atoms with Gasteiger partial charge in [0.05, 0.1) is 0 Å². The Labute approximate surface area is 119 Å². The largest absolute Gasteiger partial charge is 0.461 e. The normalized spacial score (nSPS) is 9.65. The van der Waals surface area contributed by atoms with Crippen LogP contribution in [0, 0.1) is 0 Å². The molecular weight excluding hydrogens is 256 g/mol. The topological polar surface area (TPSA) is 67.4 Å². The van der Waals surface area contributed by atoms with E-state index in [0.717, 1.165) is 5.69 Å². The van der Waals surface area contributed by atoms with Crippen LogP contribution in [0.25, 0.3) is 0 Å². The van der Waals surface area contributed by atoms with E-state index in [0.29, 0.717) is 18.5 Å². The SMILES string of the molecule is C=CCOC(=O)CCCNC(=O)c1ccc(NC)cc1. The van der Waals surface area contributed by atoms with Gasteiger partial charge in [0.25, 0.3) is 5.91 Å². The molecule has 1 rings (SSSR count). The van der Waals surface area contributed by atoms with Gasteiger partial charge in [-0.25, -0.2) is 0 Å². The van der Waals surface area contributed by atoms with Gasteiger partial charge in [-0.3, -0.25) is 9.59 Å². The summed E-state index contributed by atoms with van der Waals surface area (Å²) in [5, 5.41) is 5.75. The zero-order chi connectivity index (χ0) is 14.8. The van der Waals surface area contributed by atoms with Crippen molar-refractivity contribution in [3.05, 3.63) is 42.5 Å². The van der Waals surface area contributed by atoms with Crippen LogP contribution in [0.1, 0.15) is 23.2 Å². The number of hydrogen-bond acceptors (Lipinski definition) is 4. The predicted octanol–water partition coefficient (Wildman–Crippen LogP) is 1.97. The quantitative estimate of drug-likeness (QED) is 0.433. The fraction of sp³-hybridized carbons (Fsp3) is 0.333. The molecule has 0 fully saturated rings. The highest BCUT2D eigenvalue weighted by Crippen LogP contribution is 2.08. The Kier molecular flexibility index (Phi) is 6.89. The van der Waals surface area contributed by atoms with E-state index in [1.165, 1.54) is 6.08 Å². The van der Waals surface area contributed by atoms with Crippen LogP contribution in [0.15, 0.2) is 36.9 Å². The minimum absolute atomic E-state index is 0.146. The van der Waals surface area contributed by atoms with Crippen LogP contribution >= 0.6 is 0 Å². The summed E-state index contributed by atoms with van der Waals surface area (Å²) in [6, 6.07) is 7.17. The molecule has 0 saturated carbocycles. The first kappa shape index (κ1) is 15.8. The molecule has 0 aliphatic heterocycles. The average Bonchev–Trinajstić information content (AvgIpc) is 2.49. The number of esters is 1. The summed E-state index contributed by atoms with van der Waals surface area (Å²) in [4.78, 5) is 23.0. The van der Waals surface area contributed by atoms with E-state index < -0.39 is 0 Å². The molecule has 108 valence electrons. The fourth-order valence-electron chi connectivity index (χ4n) is 1.55.